The summed E-state index contributed by atoms with van der Waals surface area (Å²) in [6.07, 6.45) is 6.01. The highest BCUT2D eigenvalue weighted by molar-refractivity contribution is 6.01. The highest BCUT2D eigenvalue weighted by Gasteiger charge is 2.09. The minimum Gasteiger partial charge on any atom is -0.307 e. The molecule has 110 valence electrons. The Kier molecular flexibility index (Phi) is 4.93. The van der Waals surface area contributed by atoms with E-state index in [-0.39, 0.29) is 11.9 Å². The van der Waals surface area contributed by atoms with Crippen LogP contribution in [-0.2, 0) is 4.79 Å². The lowest BCUT2D eigenvalue weighted by Gasteiger charge is -2.13. The number of amides is 1. The molecule has 0 aliphatic heterocycles. The number of rotatable bonds is 5. The first-order chi connectivity index (χ1) is 10.1. The molecule has 21 heavy (non-hydrogen) atoms. The van der Waals surface area contributed by atoms with Crippen LogP contribution in [0.5, 0.6) is 0 Å². The van der Waals surface area contributed by atoms with E-state index in [1.807, 2.05) is 41.9 Å². The molecule has 4 nitrogen and oxygen atoms in total. The van der Waals surface area contributed by atoms with Gasteiger partial charge in [0, 0.05) is 12.1 Å². The summed E-state index contributed by atoms with van der Waals surface area (Å²) >= 11 is 0. The van der Waals surface area contributed by atoms with Crippen LogP contribution in [0.4, 0.5) is 5.82 Å². The van der Waals surface area contributed by atoms with Crippen LogP contribution in [0.25, 0.3) is 6.08 Å². The number of hydrogen-bond acceptors (Lipinski definition) is 2. The van der Waals surface area contributed by atoms with Crippen LogP contribution in [0.2, 0.25) is 0 Å². The fourth-order valence-corrected chi connectivity index (χ4v) is 1.95. The van der Waals surface area contributed by atoms with Gasteiger partial charge in [0.15, 0.2) is 0 Å². The average Bonchev–Trinajstić information content (AvgIpc) is 2.94. The summed E-state index contributed by atoms with van der Waals surface area (Å²) in [7, 11) is 0. The molecule has 4 heteroatoms. The zero-order chi connectivity index (χ0) is 15.2. The SMILES string of the molecule is CCC(C)n1nccc1NC(=O)/C=C/c1ccc(C)cc1. The maximum Gasteiger partial charge on any atom is 0.249 e. The number of hydrogen-bond donors (Lipinski definition) is 1. The first-order valence-electron chi connectivity index (χ1n) is 7.19. The Morgan fingerprint density at radius 2 is 2.05 bits per heavy atom. The molecule has 0 spiro atoms. The maximum atomic E-state index is 12.0. The highest BCUT2D eigenvalue weighted by Crippen LogP contribution is 2.16. The van der Waals surface area contributed by atoms with Crippen LogP contribution < -0.4 is 5.32 Å². The first-order valence-corrected chi connectivity index (χ1v) is 7.19. The Hall–Kier alpha value is -2.36. The van der Waals surface area contributed by atoms with Gasteiger partial charge in [0.25, 0.3) is 0 Å². The van der Waals surface area contributed by atoms with Crippen molar-refractivity contribution >= 4 is 17.8 Å². The number of carbonyl (C=O) groups is 1. The summed E-state index contributed by atoms with van der Waals surface area (Å²) in [5.74, 6) is 0.573. The molecule has 1 aromatic heterocycles. The molecule has 2 rings (SSSR count). The van der Waals surface area contributed by atoms with E-state index in [1.165, 1.54) is 5.56 Å². The van der Waals surface area contributed by atoms with E-state index >= 15 is 0 Å². The quantitative estimate of drug-likeness (QED) is 0.848. The Labute approximate surface area is 125 Å². The van der Waals surface area contributed by atoms with Gasteiger partial charge >= 0.3 is 0 Å². The molecule has 1 heterocycles. The number of aryl methyl sites for hydroxylation is 1. The molecule has 0 aliphatic rings. The molecule has 0 fully saturated rings. The Balaban J connectivity index is 2.02. The summed E-state index contributed by atoms with van der Waals surface area (Å²) in [6, 6.07) is 10.1. The van der Waals surface area contributed by atoms with E-state index in [1.54, 1.807) is 18.3 Å². The van der Waals surface area contributed by atoms with Crippen LogP contribution in [0.3, 0.4) is 0 Å². The average molecular weight is 283 g/mol. The third-order valence-corrected chi connectivity index (χ3v) is 3.43. The largest absolute Gasteiger partial charge is 0.307 e. The van der Waals surface area contributed by atoms with Gasteiger partial charge in [0.05, 0.1) is 12.2 Å². The van der Waals surface area contributed by atoms with Gasteiger partial charge < -0.3 is 5.32 Å². The molecule has 0 aliphatic carbocycles. The van der Waals surface area contributed by atoms with Gasteiger partial charge in [0.2, 0.25) is 5.91 Å². The number of carbonyl (C=O) groups excluding carboxylic acids is 1. The molecule has 1 N–H and O–H groups in total. The third-order valence-electron chi connectivity index (χ3n) is 3.43. The van der Waals surface area contributed by atoms with E-state index in [9.17, 15) is 4.79 Å². The molecule has 1 amide bonds. The lowest BCUT2D eigenvalue weighted by molar-refractivity contribution is -0.111. The summed E-state index contributed by atoms with van der Waals surface area (Å²) < 4.78 is 1.83. The summed E-state index contributed by atoms with van der Waals surface area (Å²) in [5.41, 5.74) is 2.21. The second kappa shape index (κ2) is 6.88. The Morgan fingerprint density at radius 1 is 1.33 bits per heavy atom. The van der Waals surface area contributed by atoms with Crippen LogP contribution >= 0.6 is 0 Å². The second-order valence-corrected chi connectivity index (χ2v) is 5.15. The number of benzene rings is 1. The van der Waals surface area contributed by atoms with E-state index in [0.29, 0.717) is 0 Å². The lowest BCUT2D eigenvalue weighted by atomic mass is 10.1. The van der Waals surface area contributed by atoms with Crippen molar-refractivity contribution in [1.29, 1.82) is 0 Å². The van der Waals surface area contributed by atoms with Crippen LogP contribution in [-0.4, -0.2) is 15.7 Å². The minimum absolute atomic E-state index is 0.152. The topological polar surface area (TPSA) is 46.9 Å². The van der Waals surface area contributed by atoms with Gasteiger partial charge in [0.1, 0.15) is 5.82 Å². The van der Waals surface area contributed by atoms with E-state index in [4.69, 9.17) is 0 Å². The standard InChI is InChI=1S/C17H21N3O/c1-4-14(3)20-16(11-12-18-20)19-17(21)10-9-15-7-5-13(2)6-8-15/h5-12,14H,4H2,1-3H3,(H,19,21)/b10-9+. The van der Waals surface area contributed by atoms with Gasteiger partial charge in [-0.25, -0.2) is 4.68 Å². The first kappa shape index (κ1) is 15.0. The summed E-state index contributed by atoms with van der Waals surface area (Å²) in [4.78, 5) is 12.0. The highest BCUT2D eigenvalue weighted by atomic mass is 16.1. The molecule has 1 unspecified atom stereocenters. The van der Waals surface area contributed by atoms with Crippen LogP contribution in [0.15, 0.2) is 42.6 Å². The summed E-state index contributed by atoms with van der Waals surface area (Å²) in [5, 5.41) is 7.11. The minimum atomic E-state index is -0.152. The second-order valence-electron chi connectivity index (χ2n) is 5.15. The van der Waals surface area contributed by atoms with Crippen molar-refractivity contribution in [2.24, 2.45) is 0 Å². The maximum absolute atomic E-state index is 12.0. The molecule has 2 aromatic rings. The molecule has 0 bridgehead atoms. The molecule has 1 atom stereocenters. The number of nitrogens with zero attached hydrogens (tertiary/aromatic N) is 2. The summed E-state index contributed by atoms with van der Waals surface area (Å²) in [6.45, 7) is 6.20. The van der Waals surface area contributed by atoms with Gasteiger partial charge in [-0.05, 0) is 31.9 Å². The van der Waals surface area contributed by atoms with Gasteiger partial charge in [-0.1, -0.05) is 36.8 Å². The number of aromatic nitrogens is 2. The Morgan fingerprint density at radius 3 is 2.71 bits per heavy atom. The third kappa shape index (κ3) is 4.05. The monoisotopic (exact) mass is 283 g/mol. The van der Waals surface area contributed by atoms with Gasteiger partial charge in [-0.3, -0.25) is 4.79 Å². The number of anilines is 1. The van der Waals surface area contributed by atoms with E-state index in [0.717, 1.165) is 17.8 Å². The predicted molar refractivity (Wildman–Crippen MR) is 86.1 cm³/mol. The molecular formula is C17H21N3O. The zero-order valence-electron chi connectivity index (χ0n) is 12.7. The van der Waals surface area contributed by atoms with Crippen molar-refractivity contribution < 1.29 is 4.79 Å². The van der Waals surface area contributed by atoms with E-state index < -0.39 is 0 Å². The molecule has 0 saturated carbocycles. The van der Waals surface area contributed by atoms with Crippen LogP contribution in [0.1, 0.15) is 37.4 Å². The fraction of sp³-hybridized carbons (Fsp3) is 0.294. The van der Waals surface area contributed by atoms with Crippen molar-refractivity contribution in [1.82, 2.24) is 9.78 Å². The predicted octanol–water partition coefficient (Wildman–Crippen LogP) is 3.81. The Bertz CT molecular complexity index is 626. The van der Waals surface area contributed by atoms with Crippen molar-refractivity contribution in [3.8, 4) is 0 Å². The van der Waals surface area contributed by atoms with Crippen LogP contribution in [0, 0.1) is 6.92 Å². The van der Waals surface area contributed by atoms with Gasteiger partial charge in [-0.2, -0.15) is 5.10 Å². The van der Waals surface area contributed by atoms with Crippen molar-refractivity contribution in [3.05, 3.63) is 53.7 Å². The van der Waals surface area contributed by atoms with E-state index in [2.05, 4.69) is 24.3 Å². The lowest BCUT2D eigenvalue weighted by Crippen LogP contribution is -2.15. The molecule has 1 aromatic carbocycles. The van der Waals surface area contributed by atoms with Crippen molar-refractivity contribution in [2.45, 2.75) is 33.2 Å². The fourth-order valence-electron chi connectivity index (χ4n) is 1.95. The molecule has 0 saturated heterocycles. The number of nitrogens with one attached hydrogen (secondary N) is 1. The van der Waals surface area contributed by atoms with Gasteiger partial charge in [-0.15, -0.1) is 0 Å². The normalized spacial score (nSPS) is 12.5. The molecular weight excluding hydrogens is 262 g/mol. The smallest absolute Gasteiger partial charge is 0.249 e. The molecule has 0 radical (unpaired) electrons. The van der Waals surface area contributed by atoms with Crippen molar-refractivity contribution in [3.63, 3.8) is 0 Å². The van der Waals surface area contributed by atoms with Crippen molar-refractivity contribution in [2.75, 3.05) is 5.32 Å². The zero-order valence-corrected chi connectivity index (χ0v) is 12.7.